The Labute approximate surface area is 165 Å². The van der Waals surface area contributed by atoms with Crippen LogP contribution in [0, 0.1) is 18.6 Å². The molecule has 1 saturated heterocycles. The maximum absolute atomic E-state index is 14.2. The predicted octanol–water partition coefficient (Wildman–Crippen LogP) is 4.08. The van der Waals surface area contributed by atoms with Crippen molar-refractivity contribution in [3.8, 4) is 0 Å². The Balaban J connectivity index is 1.39. The van der Waals surface area contributed by atoms with E-state index in [0.717, 1.165) is 17.0 Å². The van der Waals surface area contributed by atoms with Gasteiger partial charge in [0, 0.05) is 46.4 Å². The molecule has 1 aromatic carbocycles. The monoisotopic (exact) mass is 405 g/mol. The van der Waals surface area contributed by atoms with Gasteiger partial charge in [0.25, 0.3) is 0 Å². The zero-order chi connectivity index (χ0) is 19.9. The number of carbonyl (C=O) groups excluding carboxylic acids is 2. The quantitative estimate of drug-likeness (QED) is 0.792. The summed E-state index contributed by atoms with van der Waals surface area (Å²) in [5.74, 6) is -1.78. The number of halogens is 2. The lowest BCUT2D eigenvalue weighted by molar-refractivity contribution is 0.0914. The van der Waals surface area contributed by atoms with Crippen LogP contribution in [0.1, 0.15) is 39.4 Å². The molecule has 0 aliphatic carbocycles. The molecule has 2 aliphatic rings. The Kier molecular flexibility index (Phi) is 4.82. The Hall–Kier alpha value is -2.48. The zero-order valence-corrected chi connectivity index (χ0v) is 16.3. The van der Waals surface area contributed by atoms with Gasteiger partial charge in [-0.15, -0.1) is 11.3 Å². The van der Waals surface area contributed by atoms with Crippen LogP contribution in [0.25, 0.3) is 0 Å². The molecular weight excluding hydrogens is 384 g/mol. The van der Waals surface area contributed by atoms with Gasteiger partial charge in [0.2, 0.25) is 0 Å². The number of thiophene rings is 1. The van der Waals surface area contributed by atoms with Crippen molar-refractivity contribution in [2.45, 2.75) is 38.3 Å². The van der Waals surface area contributed by atoms with Crippen LogP contribution in [0.3, 0.4) is 0 Å². The third-order valence-electron chi connectivity index (χ3n) is 5.46. The second-order valence-electron chi connectivity index (χ2n) is 7.47. The largest absolute Gasteiger partial charge is 0.376 e. The number of likely N-dealkylation sites (tertiary alicyclic amines) is 1. The Morgan fingerprint density at radius 1 is 1.29 bits per heavy atom. The number of rotatable bonds is 2. The van der Waals surface area contributed by atoms with Gasteiger partial charge in [-0.25, -0.2) is 13.6 Å². The summed E-state index contributed by atoms with van der Waals surface area (Å²) in [6.07, 6.45) is 1.23. The molecular formula is C20H21F2N3O2S. The highest BCUT2D eigenvalue weighted by Crippen LogP contribution is 2.39. The van der Waals surface area contributed by atoms with Crippen LogP contribution in [0.2, 0.25) is 0 Å². The molecule has 1 aromatic heterocycles. The highest BCUT2D eigenvalue weighted by molar-refractivity contribution is 7.11. The number of hydrogen-bond acceptors (Lipinski definition) is 4. The fourth-order valence-corrected chi connectivity index (χ4v) is 4.76. The van der Waals surface area contributed by atoms with E-state index in [4.69, 9.17) is 0 Å². The van der Waals surface area contributed by atoms with Crippen molar-refractivity contribution in [3.63, 3.8) is 0 Å². The van der Waals surface area contributed by atoms with Gasteiger partial charge in [0.1, 0.15) is 11.6 Å². The minimum atomic E-state index is -0.756. The minimum absolute atomic E-state index is 0.0644. The van der Waals surface area contributed by atoms with Crippen molar-refractivity contribution in [3.05, 3.63) is 51.2 Å². The van der Waals surface area contributed by atoms with Gasteiger partial charge in [-0.2, -0.15) is 0 Å². The molecule has 0 atom stereocenters. The molecule has 0 saturated carbocycles. The molecule has 2 aromatic rings. The maximum atomic E-state index is 14.2. The second-order valence-corrected chi connectivity index (χ2v) is 8.85. The summed E-state index contributed by atoms with van der Waals surface area (Å²) in [5, 5.41) is 6.06. The van der Waals surface area contributed by atoms with Gasteiger partial charge < -0.3 is 15.5 Å². The highest BCUT2D eigenvalue weighted by Gasteiger charge is 2.42. The molecule has 4 rings (SSSR count). The van der Waals surface area contributed by atoms with E-state index >= 15 is 0 Å². The second kappa shape index (κ2) is 7.16. The summed E-state index contributed by atoms with van der Waals surface area (Å²) < 4.78 is 27.6. The first-order valence-electron chi connectivity index (χ1n) is 9.24. The van der Waals surface area contributed by atoms with E-state index in [-0.39, 0.29) is 29.5 Å². The standard InChI is InChI=1S/C20H21F2N3O2S/c1-12-2-3-14(28-12)11-23-19(27)25-6-4-20(5-7-25)10-17(26)15-8-13(21)9-16(22)18(15)24-20/h2-3,8-9,24H,4-7,10-11H2,1H3,(H,23,27). The van der Waals surface area contributed by atoms with Crippen molar-refractivity contribution >= 4 is 28.8 Å². The number of piperidine rings is 1. The van der Waals surface area contributed by atoms with E-state index in [0.29, 0.717) is 32.5 Å². The number of Topliss-reactive ketones (excluding diaryl/α,β-unsaturated/α-hetero) is 1. The molecule has 0 unspecified atom stereocenters. The SMILES string of the molecule is Cc1ccc(CNC(=O)N2CCC3(CC2)CC(=O)c2cc(F)cc(F)c2N3)s1. The third-order valence-corrected chi connectivity index (χ3v) is 6.46. The van der Waals surface area contributed by atoms with Gasteiger partial charge in [0.05, 0.1) is 12.2 Å². The molecule has 0 bridgehead atoms. The van der Waals surface area contributed by atoms with Gasteiger partial charge in [-0.1, -0.05) is 0 Å². The van der Waals surface area contributed by atoms with E-state index in [1.165, 1.54) is 4.88 Å². The first kappa shape index (κ1) is 18.9. The van der Waals surface area contributed by atoms with Gasteiger partial charge in [0.15, 0.2) is 5.78 Å². The molecule has 1 spiro atoms. The van der Waals surface area contributed by atoms with Crippen LogP contribution in [-0.2, 0) is 6.54 Å². The predicted molar refractivity (Wildman–Crippen MR) is 104 cm³/mol. The average Bonchev–Trinajstić information content (AvgIpc) is 3.07. The molecule has 28 heavy (non-hydrogen) atoms. The summed E-state index contributed by atoms with van der Waals surface area (Å²) in [7, 11) is 0. The number of urea groups is 1. The summed E-state index contributed by atoms with van der Waals surface area (Å²) in [6.45, 7) is 3.44. The van der Waals surface area contributed by atoms with Crippen LogP contribution in [0.5, 0.6) is 0 Å². The summed E-state index contributed by atoms with van der Waals surface area (Å²) in [4.78, 5) is 28.9. The number of amides is 2. The van der Waals surface area contributed by atoms with E-state index < -0.39 is 17.2 Å². The first-order valence-corrected chi connectivity index (χ1v) is 10.1. The fraction of sp³-hybridized carbons (Fsp3) is 0.400. The van der Waals surface area contributed by atoms with Crippen LogP contribution in [0.15, 0.2) is 24.3 Å². The molecule has 148 valence electrons. The van der Waals surface area contributed by atoms with Crippen molar-refractivity contribution in [1.29, 1.82) is 0 Å². The van der Waals surface area contributed by atoms with Crippen molar-refractivity contribution in [1.82, 2.24) is 10.2 Å². The highest BCUT2D eigenvalue weighted by atomic mass is 32.1. The number of aryl methyl sites for hydroxylation is 1. The summed E-state index contributed by atoms with van der Waals surface area (Å²) in [6, 6.07) is 5.74. The van der Waals surface area contributed by atoms with E-state index in [1.807, 2.05) is 19.1 Å². The molecule has 5 nitrogen and oxygen atoms in total. The number of ketones is 1. The Bertz CT molecular complexity index is 936. The molecule has 8 heteroatoms. The fourth-order valence-electron chi connectivity index (χ4n) is 3.93. The number of nitrogens with one attached hydrogen (secondary N) is 2. The zero-order valence-electron chi connectivity index (χ0n) is 15.5. The molecule has 2 aliphatic heterocycles. The molecule has 3 heterocycles. The molecule has 1 fully saturated rings. The van der Waals surface area contributed by atoms with E-state index in [2.05, 4.69) is 10.6 Å². The van der Waals surface area contributed by atoms with E-state index in [9.17, 15) is 18.4 Å². The topological polar surface area (TPSA) is 61.4 Å². The third kappa shape index (κ3) is 3.61. The van der Waals surface area contributed by atoms with Crippen LogP contribution < -0.4 is 10.6 Å². The normalized spacial score (nSPS) is 18.0. The minimum Gasteiger partial charge on any atom is -0.376 e. The maximum Gasteiger partial charge on any atom is 0.317 e. The molecule has 0 radical (unpaired) electrons. The Morgan fingerprint density at radius 2 is 2.04 bits per heavy atom. The number of carbonyl (C=O) groups is 2. The van der Waals surface area contributed by atoms with Gasteiger partial charge >= 0.3 is 6.03 Å². The lowest BCUT2D eigenvalue weighted by atomic mass is 9.78. The van der Waals surface area contributed by atoms with Gasteiger partial charge in [-0.3, -0.25) is 4.79 Å². The van der Waals surface area contributed by atoms with Crippen molar-refractivity contribution in [2.75, 3.05) is 18.4 Å². The van der Waals surface area contributed by atoms with E-state index in [1.54, 1.807) is 16.2 Å². The molecule has 2 amide bonds. The number of benzene rings is 1. The van der Waals surface area contributed by atoms with Crippen LogP contribution in [-0.4, -0.2) is 35.3 Å². The van der Waals surface area contributed by atoms with Crippen molar-refractivity contribution in [2.24, 2.45) is 0 Å². The number of nitrogens with zero attached hydrogens (tertiary/aromatic N) is 1. The number of fused-ring (bicyclic) bond motifs is 1. The van der Waals surface area contributed by atoms with Crippen LogP contribution >= 0.6 is 11.3 Å². The summed E-state index contributed by atoms with van der Waals surface area (Å²) in [5.41, 5.74) is -0.456. The van der Waals surface area contributed by atoms with Gasteiger partial charge in [-0.05, 0) is 38.0 Å². The molecule has 2 N–H and O–H groups in total. The smallest absolute Gasteiger partial charge is 0.317 e. The first-order chi connectivity index (χ1) is 13.3. The average molecular weight is 405 g/mol. The van der Waals surface area contributed by atoms with Crippen LogP contribution in [0.4, 0.5) is 19.3 Å². The number of anilines is 1. The lowest BCUT2D eigenvalue weighted by Crippen LogP contribution is -2.55. The van der Waals surface area contributed by atoms with Crippen molar-refractivity contribution < 1.29 is 18.4 Å². The number of hydrogen-bond donors (Lipinski definition) is 2. The Morgan fingerprint density at radius 3 is 2.71 bits per heavy atom. The summed E-state index contributed by atoms with van der Waals surface area (Å²) >= 11 is 1.65. The lowest BCUT2D eigenvalue weighted by Gasteiger charge is -2.45.